The predicted octanol–water partition coefficient (Wildman–Crippen LogP) is 2.85. The lowest BCUT2D eigenvalue weighted by Gasteiger charge is -2.08. The van der Waals surface area contributed by atoms with Gasteiger partial charge in [0.25, 0.3) is 5.91 Å². The summed E-state index contributed by atoms with van der Waals surface area (Å²) in [4.78, 5) is 14.6. The fourth-order valence-electron chi connectivity index (χ4n) is 2.47. The van der Waals surface area contributed by atoms with Crippen molar-refractivity contribution in [3.63, 3.8) is 0 Å². The average Bonchev–Trinajstić information content (AvgIpc) is 2.99. The van der Waals surface area contributed by atoms with Crippen LogP contribution in [0.25, 0.3) is 10.8 Å². The number of likely N-dealkylation sites (N-methyl/N-ethyl adjacent to an activating group) is 1. The number of amides is 1. The first kappa shape index (κ1) is 15.2. The SMILES string of the molecule is CN(C)CCn1cc(NC(=O)c2cccc3ccccc23)cn1. The maximum absolute atomic E-state index is 12.5. The molecule has 1 heterocycles. The highest BCUT2D eigenvalue weighted by atomic mass is 16.1. The summed E-state index contributed by atoms with van der Waals surface area (Å²) >= 11 is 0. The molecule has 0 saturated heterocycles. The molecule has 1 aromatic heterocycles. The molecule has 1 amide bonds. The van der Waals surface area contributed by atoms with E-state index in [1.54, 1.807) is 6.20 Å². The topological polar surface area (TPSA) is 50.2 Å². The molecule has 5 nitrogen and oxygen atoms in total. The Kier molecular flexibility index (Phi) is 4.39. The maximum atomic E-state index is 12.5. The van der Waals surface area contributed by atoms with Crippen molar-refractivity contribution in [1.29, 1.82) is 0 Å². The van der Waals surface area contributed by atoms with Gasteiger partial charge in [-0.25, -0.2) is 0 Å². The van der Waals surface area contributed by atoms with E-state index in [2.05, 4.69) is 15.3 Å². The number of rotatable bonds is 5. The fourth-order valence-corrected chi connectivity index (χ4v) is 2.47. The summed E-state index contributed by atoms with van der Waals surface area (Å²) in [6.45, 7) is 1.69. The molecule has 0 radical (unpaired) electrons. The molecule has 3 rings (SSSR count). The smallest absolute Gasteiger partial charge is 0.256 e. The molecule has 2 aromatic carbocycles. The van der Waals surface area contributed by atoms with Gasteiger partial charge in [0.1, 0.15) is 0 Å². The summed E-state index contributed by atoms with van der Waals surface area (Å²) < 4.78 is 1.83. The molecular formula is C18H20N4O. The van der Waals surface area contributed by atoms with E-state index >= 15 is 0 Å². The first-order chi connectivity index (χ1) is 11.1. The van der Waals surface area contributed by atoms with Crippen molar-refractivity contribution in [3.8, 4) is 0 Å². The lowest BCUT2D eigenvalue weighted by molar-refractivity contribution is 0.102. The molecule has 0 aliphatic carbocycles. The van der Waals surface area contributed by atoms with Crippen molar-refractivity contribution < 1.29 is 4.79 Å². The van der Waals surface area contributed by atoms with E-state index in [9.17, 15) is 4.79 Å². The number of fused-ring (bicyclic) bond motifs is 1. The summed E-state index contributed by atoms with van der Waals surface area (Å²) in [6.07, 6.45) is 3.53. The number of nitrogens with one attached hydrogen (secondary N) is 1. The normalized spacial score (nSPS) is 11.1. The summed E-state index contributed by atoms with van der Waals surface area (Å²) in [5.41, 5.74) is 1.38. The number of hydrogen-bond acceptors (Lipinski definition) is 3. The van der Waals surface area contributed by atoms with Gasteiger partial charge in [-0.2, -0.15) is 5.10 Å². The number of carbonyl (C=O) groups is 1. The molecule has 0 saturated carbocycles. The van der Waals surface area contributed by atoms with Crippen LogP contribution in [-0.2, 0) is 6.54 Å². The van der Waals surface area contributed by atoms with Crippen molar-refractivity contribution >= 4 is 22.4 Å². The van der Waals surface area contributed by atoms with Gasteiger partial charge in [-0.15, -0.1) is 0 Å². The number of hydrogen-bond donors (Lipinski definition) is 1. The van der Waals surface area contributed by atoms with Crippen molar-refractivity contribution in [2.75, 3.05) is 26.0 Å². The number of nitrogens with zero attached hydrogens (tertiary/aromatic N) is 3. The highest BCUT2D eigenvalue weighted by molar-refractivity contribution is 6.12. The minimum Gasteiger partial charge on any atom is -0.319 e. The molecule has 0 bridgehead atoms. The molecule has 3 aromatic rings. The zero-order valence-corrected chi connectivity index (χ0v) is 13.4. The van der Waals surface area contributed by atoms with Crippen LogP contribution in [0.5, 0.6) is 0 Å². The molecule has 118 valence electrons. The fraction of sp³-hybridized carbons (Fsp3) is 0.222. The summed E-state index contributed by atoms with van der Waals surface area (Å²) in [6, 6.07) is 13.6. The van der Waals surface area contributed by atoms with Gasteiger partial charge < -0.3 is 10.2 Å². The Balaban J connectivity index is 1.76. The van der Waals surface area contributed by atoms with Gasteiger partial charge in [0.15, 0.2) is 0 Å². The van der Waals surface area contributed by atoms with E-state index in [0.717, 1.165) is 23.9 Å². The van der Waals surface area contributed by atoms with Crippen molar-refractivity contribution in [2.24, 2.45) is 0 Å². The second kappa shape index (κ2) is 6.62. The standard InChI is InChI=1S/C18H20N4O/c1-21(2)10-11-22-13-15(12-19-22)20-18(23)17-9-5-7-14-6-3-4-8-16(14)17/h3-9,12-13H,10-11H2,1-2H3,(H,20,23). The van der Waals surface area contributed by atoms with E-state index in [1.807, 2.05) is 67.4 Å². The van der Waals surface area contributed by atoms with Gasteiger partial charge in [-0.1, -0.05) is 36.4 Å². The van der Waals surface area contributed by atoms with Crippen LogP contribution in [0.15, 0.2) is 54.9 Å². The zero-order chi connectivity index (χ0) is 16.2. The molecular weight excluding hydrogens is 288 g/mol. The summed E-state index contributed by atoms with van der Waals surface area (Å²) in [5.74, 6) is -0.117. The Bertz CT molecular complexity index is 817. The van der Waals surface area contributed by atoms with Crippen LogP contribution in [0.3, 0.4) is 0 Å². The van der Waals surface area contributed by atoms with Crippen molar-refractivity contribution in [2.45, 2.75) is 6.54 Å². The van der Waals surface area contributed by atoms with Crippen molar-refractivity contribution in [1.82, 2.24) is 14.7 Å². The van der Waals surface area contributed by atoms with Crippen LogP contribution in [-0.4, -0.2) is 41.2 Å². The third kappa shape index (κ3) is 3.57. The van der Waals surface area contributed by atoms with E-state index in [-0.39, 0.29) is 5.91 Å². The van der Waals surface area contributed by atoms with Crippen LogP contribution >= 0.6 is 0 Å². The number of aromatic nitrogens is 2. The van der Waals surface area contributed by atoms with Crippen LogP contribution < -0.4 is 5.32 Å². The highest BCUT2D eigenvalue weighted by Gasteiger charge is 2.11. The summed E-state index contributed by atoms with van der Waals surface area (Å²) in [5, 5.41) is 9.20. The van der Waals surface area contributed by atoms with Crippen LogP contribution in [0.2, 0.25) is 0 Å². The van der Waals surface area contributed by atoms with E-state index < -0.39 is 0 Å². The van der Waals surface area contributed by atoms with Crippen LogP contribution in [0.4, 0.5) is 5.69 Å². The monoisotopic (exact) mass is 308 g/mol. The average molecular weight is 308 g/mol. The molecule has 0 aliphatic heterocycles. The lowest BCUT2D eigenvalue weighted by Crippen LogP contribution is -2.18. The Morgan fingerprint density at radius 2 is 1.96 bits per heavy atom. The molecule has 0 atom stereocenters. The molecule has 0 aliphatic rings. The van der Waals surface area contributed by atoms with Crippen molar-refractivity contribution in [3.05, 3.63) is 60.4 Å². The Morgan fingerprint density at radius 3 is 2.78 bits per heavy atom. The van der Waals surface area contributed by atoms with E-state index in [1.165, 1.54) is 0 Å². The molecule has 5 heteroatoms. The molecule has 0 unspecified atom stereocenters. The number of benzene rings is 2. The Morgan fingerprint density at radius 1 is 1.17 bits per heavy atom. The van der Waals surface area contributed by atoms with E-state index in [0.29, 0.717) is 11.3 Å². The predicted molar refractivity (Wildman–Crippen MR) is 92.7 cm³/mol. The molecule has 0 spiro atoms. The van der Waals surface area contributed by atoms with Crippen LogP contribution in [0, 0.1) is 0 Å². The van der Waals surface area contributed by atoms with Gasteiger partial charge in [-0.05, 0) is 30.9 Å². The minimum absolute atomic E-state index is 0.117. The first-order valence-electron chi connectivity index (χ1n) is 7.60. The second-order valence-electron chi connectivity index (χ2n) is 5.78. The third-order valence-electron chi connectivity index (χ3n) is 3.70. The zero-order valence-electron chi connectivity index (χ0n) is 13.4. The Labute approximate surface area is 135 Å². The Hall–Kier alpha value is -2.66. The number of anilines is 1. The molecule has 1 N–H and O–H groups in total. The van der Waals surface area contributed by atoms with Gasteiger partial charge in [0.2, 0.25) is 0 Å². The molecule has 0 fully saturated rings. The third-order valence-corrected chi connectivity index (χ3v) is 3.70. The minimum atomic E-state index is -0.117. The largest absolute Gasteiger partial charge is 0.319 e. The highest BCUT2D eigenvalue weighted by Crippen LogP contribution is 2.19. The van der Waals surface area contributed by atoms with Gasteiger partial charge in [0.05, 0.1) is 18.4 Å². The maximum Gasteiger partial charge on any atom is 0.256 e. The second-order valence-corrected chi connectivity index (χ2v) is 5.78. The number of carbonyl (C=O) groups excluding carboxylic acids is 1. The molecule has 23 heavy (non-hydrogen) atoms. The van der Waals surface area contributed by atoms with Gasteiger partial charge in [0, 0.05) is 18.3 Å². The van der Waals surface area contributed by atoms with E-state index in [4.69, 9.17) is 0 Å². The van der Waals surface area contributed by atoms with Crippen LogP contribution in [0.1, 0.15) is 10.4 Å². The lowest BCUT2D eigenvalue weighted by atomic mass is 10.0. The van der Waals surface area contributed by atoms with Gasteiger partial charge >= 0.3 is 0 Å². The van der Waals surface area contributed by atoms with Gasteiger partial charge in [-0.3, -0.25) is 9.48 Å². The quantitative estimate of drug-likeness (QED) is 0.788. The first-order valence-corrected chi connectivity index (χ1v) is 7.60. The summed E-state index contributed by atoms with van der Waals surface area (Å²) in [7, 11) is 4.04.